The Balaban J connectivity index is 1.67. The first-order chi connectivity index (χ1) is 9.70. The predicted molar refractivity (Wildman–Crippen MR) is 81.9 cm³/mol. The average molecular weight is 310 g/mol. The molecule has 0 amide bonds. The van der Waals surface area contributed by atoms with Crippen LogP contribution in [0.15, 0.2) is 30.5 Å². The Labute approximate surface area is 127 Å². The number of rotatable bonds is 3. The molecule has 20 heavy (non-hydrogen) atoms. The lowest BCUT2D eigenvalue weighted by Gasteiger charge is -2.32. The molecule has 1 aromatic carbocycles. The molecule has 2 aromatic rings. The maximum absolute atomic E-state index is 6.04. The number of thiazole rings is 1. The van der Waals surface area contributed by atoms with Crippen molar-refractivity contribution < 1.29 is 4.74 Å². The fraction of sp³-hybridized carbons (Fsp3) is 0.357. The third kappa shape index (κ3) is 3.30. The number of ether oxygens (including phenoxy) is 1. The molecule has 0 saturated carbocycles. The van der Waals surface area contributed by atoms with E-state index in [0.717, 1.165) is 36.8 Å². The van der Waals surface area contributed by atoms with E-state index in [-0.39, 0.29) is 6.10 Å². The van der Waals surface area contributed by atoms with Gasteiger partial charge < -0.3 is 10.5 Å². The lowest BCUT2D eigenvalue weighted by molar-refractivity contribution is -0.0326. The third-order valence-corrected chi connectivity index (χ3v) is 4.37. The molecule has 0 spiro atoms. The molecule has 1 aliphatic heterocycles. The molecule has 1 fully saturated rings. The summed E-state index contributed by atoms with van der Waals surface area (Å²) in [7, 11) is 0. The zero-order valence-corrected chi connectivity index (χ0v) is 12.5. The van der Waals surface area contributed by atoms with Crippen molar-refractivity contribution >= 4 is 28.1 Å². The highest BCUT2D eigenvalue weighted by Crippen LogP contribution is 2.26. The van der Waals surface area contributed by atoms with E-state index in [4.69, 9.17) is 22.1 Å². The molecular weight excluding hydrogens is 294 g/mol. The summed E-state index contributed by atoms with van der Waals surface area (Å²) < 4.78 is 5.85. The van der Waals surface area contributed by atoms with Gasteiger partial charge in [0, 0.05) is 35.7 Å². The Hall–Kier alpha value is -1.14. The summed E-state index contributed by atoms with van der Waals surface area (Å²) in [4.78, 5) is 7.64. The van der Waals surface area contributed by atoms with Crippen LogP contribution in [0.4, 0.5) is 5.13 Å². The Kier molecular flexibility index (Phi) is 4.21. The van der Waals surface area contributed by atoms with Crippen LogP contribution in [0, 0.1) is 0 Å². The first-order valence-corrected chi connectivity index (χ1v) is 7.70. The second-order valence-corrected chi connectivity index (χ2v) is 6.40. The van der Waals surface area contributed by atoms with Crippen molar-refractivity contribution in [2.24, 2.45) is 0 Å². The van der Waals surface area contributed by atoms with E-state index in [1.165, 1.54) is 4.88 Å². The molecule has 1 aromatic heterocycles. The second kappa shape index (κ2) is 6.10. The summed E-state index contributed by atoms with van der Waals surface area (Å²) in [5.74, 6) is 0. The molecule has 0 radical (unpaired) electrons. The number of halogens is 1. The smallest absolute Gasteiger partial charge is 0.180 e. The first kappa shape index (κ1) is 13.8. The molecule has 3 rings (SSSR count). The van der Waals surface area contributed by atoms with Gasteiger partial charge in [-0.15, -0.1) is 11.3 Å². The molecule has 4 nitrogen and oxygen atoms in total. The van der Waals surface area contributed by atoms with Crippen LogP contribution in [0.2, 0.25) is 5.02 Å². The molecule has 2 heterocycles. The molecule has 6 heteroatoms. The van der Waals surface area contributed by atoms with Crippen LogP contribution in [0.5, 0.6) is 0 Å². The number of aromatic nitrogens is 1. The van der Waals surface area contributed by atoms with E-state index in [2.05, 4.69) is 16.0 Å². The topological polar surface area (TPSA) is 51.4 Å². The van der Waals surface area contributed by atoms with Gasteiger partial charge in [-0.3, -0.25) is 4.90 Å². The maximum Gasteiger partial charge on any atom is 0.180 e. The van der Waals surface area contributed by atoms with Gasteiger partial charge in [-0.1, -0.05) is 23.7 Å². The highest BCUT2D eigenvalue weighted by Gasteiger charge is 2.22. The van der Waals surface area contributed by atoms with Crippen molar-refractivity contribution in [3.63, 3.8) is 0 Å². The van der Waals surface area contributed by atoms with Crippen LogP contribution in [-0.2, 0) is 11.3 Å². The zero-order valence-electron chi connectivity index (χ0n) is 11.0. The van der Waals surface area contributed by atoms with Crippen LogP contribution in [0.1, 0.15) is 16.5 Å². The number of nitrogens with zero attached hydrogens (tertiary/aromatic N) is 2. The van der Waals surface area contributed by atoms with Crippen LogP contribution in [0.3, 0.4) is 0 Å². The number of nitrogen functional groups attached to an aromatic ring is 1. The summed E-state index contributed by atoms with van der Waals surface area (Å²) >= 11 is 7.59. The highest BCUT2D eigenvalue weighted by molar-refractivity contribution is 7.15. The quantitative estimate of drug-likeness (QED) is 0.947. The van der Waals surface area contributed by atoms with E-state index >= 15 is 0 Å². The minimum Gasteiger partial charge on any atom is -0.375 e. The number of anilines is 1. The Bertz CT molecular complexity index is 589. The van der Waals surface area contributed by atoms with Gasteiger partial charge >= 0.3 is 0 Å². The van der Waals surface area contributed by atoms with Gasteiger partial charge in [0.05, 0.1) is 12.7 Å². The molecule has 1 aliphatic rings. The van der Waals surface area contributed by atoms with Crippen LogP contribution in [0.25, 0.3) is 0 Å². The fourth-order valence-electron chi connectivity index (χ4n) is 2.37. The van der Waals surface area contributed by atoms with Gasteiger partial charge in [0.25, 0.3) is 0 Å². The van der Waals surface area contributed by atoms with Crippen molar-refractivity contribution in [3.05, 3.63) is 45.9 Å². The summed E-state index contributed by atoms with van der Waals surface area (Å²) in [5.41, 5.74) is 6.80. The van der Waals surface area contributed by atoms with Crippen molar-refractivity contribution in [3.8, 4) is 0 Å². The van der Waals surface area contributed by atoms with Crippen molar-refractivity contribution in [1.29, 1.82) is 0 Å². The van der Waals surface area contributed by atoms with Crippen LogP contribution < -0.4 is 5.73 Å². The summed E-state index contributed by atoms with van der Waals surface area (Å²) in [5, 5.41) is 1.37. The van der Waals surface area contributed by atoms with Crippen LogP contribution >= 0.6 is 22.9 Å². The van der Waals surface area contributed by atoms with Crippen molar-refractivity contribution in [2.75, 3.05) is 25.4 Å². The number of benzene rings is 1. The minimum atomic E-state index is 0.0766. The van der Waals surface area contributed by atoms with Gasteiger partial charge in [0.2, 0.25) is 0 Å². The Morgan fingerprint density at radius 2 is 2.40 bits per heavy atom. The van der Waals surface area contributed by atoms with E-state index in [9.17, 15) is 0 Å². The molecule has 1 saturated heterocycles. The summed E-state index contributed by atoms with van der Waals surface area (Å²) in [6.45, 7) is 3.38. The summed E-state index contributed by atoms with van der Waals surface area (Å²) in [6, 6.07) is 7.88. The number of nitrogens with two attached hydrogens (primary N) is 1. The van der Waals surface area contributed by atoms with E-state index < -0.39 is 0 Å². The Morgan fingerprint density at radius 3 is 3.15 bits per heavy atom. The molecule has 1 atom stereocenters. The zero-order chi connectivity index (χ0) is 13.9. The SMILES string of the molecule is Nc1ncc(CN2CCOC(c3cccc(Cl)c3)C2)s1. The van der Waals surface area contributed by atoms with E-state index in [0.29, 0.717) is 5.13 Å². The predicted octanol–water partition coefficient (Wildman–Crippen LogP) is 2.95. The standard InChI is InChI=1S/C14H16ClN3OS/c15-11-3-1-2-10(6-11)13-9-18(4-5-19-13)8-12-7-17-14(16)20-12/h1-3,6-7,13H,4-5,8-9H2,(H2,16,17). The maximum atomic E-state index is 6.04. The van der Waals surface area contributed by atoms with Gasteiger partial charge in [0.15, 0.2) is 5.13 Å². The molecule has 1 unspecified atom stereocenters. The Morgan fingerprint density at radius 1 is 1.50 bits per heavy atom. The minimum absolute atomic E-state index is 0.0766. The van der Waals surface area contributed by atoms with E-state index in [1.807, 2.05) is 24.4 Å². The van der Waals surface area contributed by atoms with Gasteiger partial charge in [-0.2, -0.15) is 0 Å². The van der Waals surface area contributed by atoms with E-state index in [1.54, 1.807) is 11.3 Å². The average Bonchev–Trinajstić information content (AvgIpc) is 2.84. The lowest BCUT2D eigenvalue weighted by Crippen LogP contribution is -2.37. The molecule has 106 valence electrons. The first-order valence-electron chi connectivity index (χ1n) is 6.50. The molecule has 0 aliphatic carbocycles. The normalized spacial score (nSPS) is 20.1. The molecule has 0 bridgehead atoms. The molecule has 2 N–H and O–H groups in total. The number of morpholine rings is 1. The van der Waals surface area contributed by atoms with Crippen LogP contribution in [-0.4, -0.2) is 29.6 Å². The van der Waals surface area contributed by atoms with Gasteiger partial charge in [-0.05, 0) is 17.7 Å². The molecular formula is C14H16ClN3OS. The fourth-order valence-corrected chi connectivity index (χ4v) is 3.30. The third-order valence-electron chi connectivity index (χ3n) is 3.32. The monoisotopic (exact) mass is 309 g/mol. The highest BCUT2D eigenvalue weighted by atomic mass is 35.5. The summed E-state index contributed by atoms with van der Waals surface area (Å²) in [6.07, 6.45) is 1.93. The number of hydrogen-bond acceptors (Lipinski definition) is 5. The van der Waals surface area contributed by atoms with Crippen molar-refractivity contribution in [2.45, 2.75) is 12.6 Å². The number of hydrogen-bond donors (Lipinski definition) is 1. The van der Waals surface area contributed by atoms with Crippen molar-refractivity contribution in [1.82, 2.24) is 9.88 Å². The lowest BCUT2D eigenvalue weighted by atomic mass is 10.1. The van der Waals surface area contributed by atoms with Gasteiger partial charge in [-0.25, -0.2) is 4.98 Å². The van der Waals surface area contributed by atoms with Gasteiger partial charge in [0.1, 0.15) is 0 Å². The second-order valence-electron chi connectivity index (χ2n) is 4.81. The largest absolute Gasteiger partial charge is 0.375 e.